The molecule has 0 saturated heterocycles. The summed E-state index contributed by atoms with van der Waals surface area (Å²) in [6.07, 6.45) is 3.34. The zero-order valence-corrected chi connectivity index (χ0v) is 11.3. The lowest BCUT2D eigenvalue weighted by Gasteiger charge is -2.06. The van der Waals surface area contributed by atoms with Crippen molar-refractivity contribution in [3.63, 3.8) is 0 Å². The highest BCUT2D eigenvalue weighted by molar-refractivity contribution is 5.69. The van der Waals surface area contributed by atoms with Crippen LogP contribution in [0.4, 0.5) is 0 Å². The summed E-state index contributed by atoms with van der Waals surface area (Å²) >= 11 is 0. The molecule has 0 radical (unpaired) electrons. The van der Waals surface area contributed by atoms with E-state index in [1.807, 2.05) is 31.2 Å². The first-order valence-corrected chi connectivity index (χ1v) is 6.57. The van der Waals surface area contributed by atoms with Gasteiger partial charge < -0.3 is 9.47 Å². The van der Waals surface area contributed by atoms with Crippen LogP contribution in [0.3, 0.4) is 0 Å². The Kier molecular flexibility index (Phi) is 6.92. The van der Waals surface area contributed by atoms with E-state index in [2.05, 4.69) is 6.92 Å². The highest BCUT2D eigenvalue weighted by Gasteiger charge is 2.00. The van der Waals surface area contributed by atoms with Gasteiger partial charge in [0.1, 0.15) is 5.75 Å². The molecule has 0 aliphatic carbocycles. The molecular weight excluding hydrogens is 228 g/mol. The average Bonchev–Trinajstić information content (AvgIpc) is 2.36. The van der Waals surface area contributed by atoms with Crippen molar-refractivity contribution in [1.29, 1.82) is 0 Å². The second-order valence-electron chi connectivity index (χ2n) is 4.28. The summed E-state index contributed by atoms with van der Waals surface area (Å²) in [6.45, 7) is 5.05. The van der Waals surface area contributed by atoms with E-state index in [-0.39, 0.29) is 5.97 Å². The molecule has 0 bridgehead atoms. The maximum atomic E-state index is 11.1. The number of ether oxygens (including phenoxy) is 2. The summed E-state index contributed by atoms with van der Waals surface area (Å²) in [5, 5.41) is 0. The molecule has 0 aliphatic heterocycles. The zero-order chi connectivity index (χ0) is 13.2. The molecule has 0 heterocycles. The van der Waals surface area contributed by atoms with Crippen molar-refractivity contribution < 1.29 is 14.3 Å². The molecule has 1 aromatic carbocycles. The van der Waals surface area contributed by atoms with Crippen LogP contribution in [0.25, 0.3) is 0 Å². The fourth-order valence-electron chi connectivity index (χ4n) is 1.61. The number of benzene rings is 1. The molecule has 0 fully saturated rings. The van der Waals surface area contributed by atoms with Crippen LogP contribution < -0.4 is 4.74 Å². The minimum Gasteiger partial charge on any atom is -0.494 e. The predicted octanol–water partition coefficient (Wildman–Crippen LogP) is 3.50. The van der Waals surface area contributed by atoms with E-state index >= 15 is 0 Å². The number of carbonyl (C=O) groups is 1. The molecule has 0 amide bonds. The van der Waals surface area contributed by atoms with Crippen molar-refractivity contribution in [2.75, 3.05) is 13.2 Å². The first-order chi connectivity index (χ1) is 8.72. The molecule has 3 heteroatoms. The second kappa shape index (κ2) is 8.56. The fourth-order valence-corrected chi connectivity index (χ4v) is 1.61. The van der Waals surface area contributed by atoms with Gasteiger partial charge in [-0.1, -0.05) is 17.7 Å². The smallest absolute Gasteiger partial charge is 0.305 e. The summed E-state index contributed by atoms with van der Waals surface area (Å²) in [6, 6.07) is 8.04. The highest BCUT2D eigenvalue weighted by Crippen LogP contribution is 2.12. The van der Waals surface area contributed by atoms with E-state index in [0.29, 0.717) is 19.6 Å². The molecule has 0 atom stereocenters. The van der Waals surface area contributed by atoms with Gasteiger partial charge in [0.15, 0.2) is 0 Å². The fraction of sp³-hybridized carbons (Fsp3) is 0.533. The molecule has 3 nitrogen and oxygen atoms in total. The molecule has 100 valence electrons. The molecule has 0 aliphatic rings. The Labute approximate surface area is 109 Å². The van der Waals surface area contributed by atoms with Gasteiger partial charge >= 0.3 is 5.97 Å². The zero-order valence-electron chi connectivity index (χ0n) is 11.3. The lowest BCUT2D eigenvalue weighted by molar-refractivity contribution is -0.143. The Morgan fingerprint density at radius 1 is 1.11 bits per heavy atom. The van der Waals surface area contributed by atoms with Gasteiger partial charge in [-0.15, -0.1) is 0 Å². The third-order valence-corrected chi connectivity index (χ3v) is 2.62. The molecule has 0 aromatic heterocycles. The topological polar surface area (TPSA) is 35.5 Å². The van der Waals surface area contributed by atoms with Crippen LogP contribution in [0.15, 0.2) is 24.3 Å². The van der Waals surface area contributed by atoms with Crippen molar-refractivity contribution in [3.05, 3.63) is 29.8 Å². The number of hydrogen-bond acceptors (Lipinski definition) is 3. The van der Waals surface area contributed by atoms with Crippen LogP contribution in [0.5, 0.6) is 5.75 Å². The molecule has 0 unspecified atom stereocenters. The molecule has 18 heavy (non-hydrogen) atoms. The lowest BCUT2D eigenvalue weighted by Crippen LogP contribution is -2.04. The summed E-state index contributed by atoms with van der Waals surface area (Å²) in [7, 11) is 0. The average molecular weight is 250 g/mol. The van der Waals surface area contributed by atoms with Crippen LogP contribution in [0, 0.1) is 6.92 Å². The van der Waals surface area contributed by atoms with Crippen LogP contribution >= 0.6 is 0 Å². The molecular formula is C15H22O3. The Balaban J connectivity index is 2.02. The van der Waals surface area contributed by atoms with Crippen LogP contribution in [0.1, 0.15) is 38.2 Å². The van der Waals surface area contributed by atoms with Crippen LogP contribution in [-0.4, -0.2) is 19.2 Å². The normalized spacial score (nSPS) is 10.1. The largest absolute Gasteiger partial charge is 0.494 e. The lowest BCUT2D eigenvalue weighted by atomic mass is 10.2. The molecule has 0 N–H and O–H groups in total. The quantitative estimate of drug-likeness (QED) is 0.523. The van der Waals surface area contributed by atoms with Gasteiger partial charge in [0.05, 0.1) is 13.2 Å². The molecule has 0 spiro atoms. The maximum absolute atomic E-state index is 11.1. The Bertz CT molecular complexity index is 343. The summed E-state index contributed by atoms with van der Waals surface area (Å²) in [4.78, 5) is 11.1. The van der Waals surface area contributed by atoms with Crippen LogP contribution in [0.2, 0.25) is 0 Å². The Morgan fingerprint density at radius 2 is 1.83 bits per heavy atom. The number of aryl methyl sites for hydroxylation is 1. The maximum Gasteiger partial charge on any atom is 0.305 e. The predicted molar refractivity (Wildman–Crippen MR) is 71.8 cm³/mol. The highest BCUT2D eigenvalue weighted by atomic mass is 16.5. The van der Waals surface area contributed by atoms with Crippen molar-refractivity contribution in [2.24, 2.45) is 0 Å². The first kappa shape index (κ1) is 14.6. The SMILES string of the molecule is CCOC(=O)CCCCCOc1ccc(C)cc1. The Hall–Kier alpha value is -1.51. The van der Waals surface area contributed by atoms with E-state index in [0.717, 1.165) is 25.0 Å². The van der Waals surface area contributed by atoms with E-state index in [4.69, 9.17) is 9.47 Å². The number of esters is 1. The molecule has 1 aromatic rings. The van der Waals surface area contributed by atoms with Crippen LogP contribution in [-0.2, 0) is 9.53 Å². The van der Waals surface area contributed by atoms with Gasteiger partial charge in [0, 0.05) is 6.42 Å². The third-order valence-electron chi connectivity index (χ3n) is 2.62. The van der Waals surface area contributed by atoms with Crippen molar-refractivity contribution >= 4 is 5.97 Å². The van der Waals surface area contributed by atoms with Gasteiger partial charge in [-0.25, -0.2) is 0 Å². The van der Waals surface area contributed by atoms with E-state index in [1.54, 1.807) is 0 Å². The van der Waals surface area contributed by atoms with Crippen molar-refractivity contribution in [1.82, 2.24) is 0 Å². The number of carbonyl (C=O) groups excluding carboxylic acids is 1. The van der Waals surface area contributed by atoms with Gasteiger partial charge in [-0.2, -0.15) is 0 Å². The van der Waals surface area contributed by atoms with Crippen molar-refractivity contribution in [2.45, 2.75) is 39.5 Å². The number of unbranched alkanes of at least 4 members (excludes halogenated alkanes) is 2. The number of hydrogen-bond donors (Lipinski definition) is 0. The number of rotatable bonds is 8. The van der Waals surface area contributed by atoms with Gasteiger partial charge in [-0.3, -0.25) is 4.79 Å². The van der Waals surface area contributed by atoms with Crippen molar-refractivity contribution in [3.8, 4) is 5.75 Å². The summed E-state index contributed by atoms with van der Waals surface area (Å²) < 4.78 is 10.5. The standard InChI is InChI=1S/C15H22O3/c1-3-17-15(16)7-5-4-6-12-18-14-10-8-13(2)9-11-14/h8-11H,3-7,12H2,1-2H3. The Morgan fingerprint density at radius 3 is 2.50 bits per heavy atom. The molecule has 0 saturated carbocycles. The summed E-state index contributed by atoms with van der Waals surface area (Å²) in [5.41, 5.74) is 1.23. The van der Waals surface area contributed by atoms with Gasteiger partial charge in [0.2, 0.25) is 0 Å². The van der Waals surface area contributed by atoms with Gasteiger partial charge in [0.25, 0.3) is 0 Å². The third kappa shape index (κ3) is 6.28. The minimum atomic E-state index is -0.100. The minimum absolute atomic E-state index is 0.100. The van der Waals surface area contributed by atoms with E-state index in [1.165, 1.54) is 5.56 Å². The van der Waals surface area contributed by atoms with E-state index < -0.39 is 0 Å². The molecule has 1 rings (SSSR count). The second-order valence-corrected chi connectivity index (χ2v) is 4.28. The summed E-state index contributed by atoms with van der Waals surface area (Å²) in [5.74, 6) is 0.808. The van der Waals surface area contributed by atoms with Gasteiger partial charge in [-0.05, 0) is 45.2 Å². The first-order valence-electron chi connectivity index (χ1n) is 6.57. The monoisotopic (exact) mass is 250 g/mol. The van der Waals surface area contributed by atoms with E-state index in [9.17, 15) is 4.79 Å².